The standard InChI is InChI=1S/C17H20N4OS/c1-12-5-7-13(8-6-12)14(20-9-3-2-4-10-20)15-16(22)21-17(23-15)18-11-19-21/h5-8,11,14,22H,2-4,9-10H2,1H3/t14-/m0/s1. The van der Waals surface area contributed by atoms with Gasteiger partial charge in [-0.1, -0.05) is 47.6 Å². The molecule has 1 aliphatic heterocycles. The summed E-state index contributed by atoms with van der Waals surface area (Å²) >= 11 is 1.53. The van der Waals surface area contributed by atoms with Crippen molar-refractivity contribution in [2.45, 2.75) is 32.2 Å². The second-order valence-electron chi connectivity index (χ2n) is 6.15. The molecule has 0 radical (unpaired) electrons. The Balaban J connectivity index is 1.81. The van der Waals surface area contributed by atoms with Crippen LogP contribution in [0.1, 0.15) is 41.3 Å². The van der Waals surface area contributed by atoms with Gasteiger partial charge < -0.3 is 5.11 Å². The Morgan fingerprint density at radius 1 is 1.13 bits per heavy atom. The molecule has 3 heterocycles. The number of piperidine rings is 1. The van der Waals surface area contributed by atoms with E-state index in [1.165, 1.54) is 52.6 Å². The summed E-state index contributed by atoms with van der Waals surface area (Å²) in [4.78, 5) is 8.38. The van der Waals surface area contributed by atoms with Gasteiger partial charge in [0.15, 0.2) is 0 Å². The maximum atomic E-state index is 10.6. The van der Waals surface area contributed by atoms with Gasteiger partial charge in [-0.2, -0.15) is 9.61 Å². The van der Waals surface area contributed by atoms with Gasteiger partial charge in [-0.05, 0) is 38.4 Å². The summed E-state index contributed by atoms with van der Waals surface area (Å²) in [5, 5.41) is 14.8. The van der Waals surface area contributed by atoms with Crippen LogP contribution in [-0.2, 0) is 0 Å². The van der Waals surface area contributed by atoms with Crippen LogP contribution in [0.5, 0.6) is 5.88 Å². The topological polar surface area (TPSA) is 53.7 Å². The van der Waals surface area contributed by atoms with Gasteiger partial charge in [0.1, 0.15) is 6.33 Å². The lowest BCUT2D eigenvalue weighted by atomic mass is 9.99. The summed E-state index contributed by atoms with van der Waals surface area (Å²) in [5.74, 6) is 0.221. The number of aromatic hydroxyl groups is 1. The van der Waals surface area contributed by atoms with Crippen molar-refractivity contribution < 1.29 is 5.11 Å². The second kappa shape index (κ2) is 5.94. The fourth-order valence-corrected chi connectivity index (χ4v) is 4.42. The molecule has 2 aromatic heterocycles. The largest absolute Gasteiger partial charge is 0.492 e. The van der Waals surface area contributed by atoms with E-state index in [-0.39, 0.29) is 11.9 Å². The first-order chi connectivity index (χ1) is 11.2. The molecule has 3 aromatic rings. The van der Waals surface area contributed by atoms with Crippen LogP contribution in [0, 0.1) is 6.92 Å². The van der Waals surface area contributed by atoms with Gasteiger partial charge in [0.25, 0.3) is 0 Å². The molecule has 4 rings (SSSR count). The lowest BCUT2D eigenvalue weighted by molar-refractivity contribution is 0.186. The van der Waals surface area contributed by atoms with Crippen LogP contribution >= 0.6 is 11.3 Å². The number of benzene rings is 1. The number of aryl methyl sites for hydroxylation is 1. The predicted octanol–water partition coefficient (Wildman–Crippen LogP) is 3.38. The van der Waals surface area contributed by atoms with E-state index in [2.05, 4.69) is 46.2 Å². The molecule has 5 nitrogen and oxygen atoms in total. The highest BCUT2D eigenvalue weighted by atomic mass is 32.1. The molecule has 1 fully saturated rings. The van der Waals surface area contributed by atoms with E-state index in [4.69, 9.17) is 0 Å². The van der Waals surface area contributed by atoms with Crippen molar-refractivity contribution in [3.8, 4) is 5.88 Å². The molecule has 0 spiro atoms. The van der Waals surface area contributed by atoms with Gasteiger partial charge >= 0.3 is 0 Å². The summed E-state index contributed by atoms with van der Waals surface area (Å²) < 4.78 is 1.53. The Bertz CT molecular complexity index is 802. The maximum Gasteiger partial charge on any atom is 0.230 e. The zero-order valence-corrected chi connectivity index (χ0v) is 14.0. The van der Waals surface area contributed by atoms with Gasteiger partial charge in [-0.15, -0.1) is 0 Å². The molecular formula is C17H20N4OS. The number of likely N-dealkylation sites (tertiary alicyclic amines) is 1. The van der Waals surface area contributed by atoms with Gasteiger partial charge in [0.05, 0.1) is 10.9 Å². The number of aromatic nitrogens is 3. The van der Waals surface area contributed by atoms with Crippen molar-refractivity contribution in [2.24, 2.45) is 0 Å². The minimum absolute atomic E-state index is 0.0735. The summed E-state index contributed by atoms with van der Waals surface area (Å²) in [6.45, 7) is 4.22. The fraction of sp³-hybridized carbons (Fsp3) is 0.412. The third kappa shape index (κ3) is 2.62. The molecule has 1 aromatic carbocycles. The van der Waals surface area contributed by atoms with Crippen molar-refractivity contribution in [1.82, 2.24) is 19.5 Å². The van der Waals surface area contributed by atoms with E-state index in [1.807, 2.05) is 0 Å². The van der Waals surface area contributed by atoms with E-state index in [9.17, 15) is 5.11 Å². The summed E-state index contributed by atoms with van der Waals surface area (Å²) in [6.07, 6.45) is 5.20. The molecule has 0 aliphatic carbocycles. The van der Waals surface area contributed by atoms with Crippen molar-refractivity contribution in [2.75, 3.05) is 13.1 Å². The molecule has 1 saturated heterocycles. The number of fused-ring (bicyclic) bond motifs is 1. The Morgan fingerprint density at radius 2 is 1.87 bits per heavy atom. The molecule has 0 amide bonds. The second-order valence-corrected chi connectivity index (χ2v) is 7.16. The molecule has 0 unspecified atom stereocenters. The van der Waals surface area contributed by atoms with Gasteiger partial charge in [0.2, 0.25) is 10.8 Å². The molecular weight excluding hydrogens is 308 g/mol. The highest BCUT2D eigenvalue weighted by Gasteiger charge is 2.29. The Morgan fingerprint density at radius 3 is 2.57 bits per heavy atom. The molecule has 0 bridgehead atoms. The third-order valence-corrected chi connectivity index (χ3v) is 5.62. The maximum absolute atomic E-state index is 10.6. The molecule has 23 heavy (non-hydrogen) atoms. The molecule has 1 N–H and O–H groups in total. The smallest absolute Gasteiger partial charge is 0.230 e. The molecule has 0 saturated carbocycles. The molecule has 6 heteroatoms. The number of hydrogen-bond donors (Lipinski definition) is 1. The molecule has 1 aliphatic rings. The average Bonchev–Trinajstić information content (AvgIpc) is 3.15. The van der Waals surface area contributed by atoms with Crippen LogP contribution in [0.25, 0.3) is 4.96 Å². The lowest BCUT2D eigenvalue weighted by Crippen LogP contribution is -2.34. The minimum Gasteiger partial charge on any atom is -0.492 e. The minimum atomic E-state index is 0.0735. The van der Waals surface area contributed by atoms with Crippen LogP contribution in [0.3, 0.4) is 0 Å². The van der Waals surface area contributed by atoms with E-state index < -0.39 is 0 Å². The fourth-order valence-electron chi connectivity index (χ4n) is 3.33. The quantitative estimate of drug-likeness (QED) is 0.801. The number of rotatable bonds is 3. The van der Waals surface area contributed by atoms with Gasteiger partial charge in [-0.3, -0.25) is 4.90 Å². The lowest BCUT2D eigenvalue weighted by Gasteiger charge is -2.34. The first-order valence-corrected chi connectivity index (χ1v) is 8.87. The predicted molar refractivity (Wildman–Crippen MR) is 91.0 cm³/mol. The zero-order chi connectivity index (χ0) is 15.8. The molecule has 120 valence electrons. The Kier molecular flexibility index (Phi) is 3.79. The van der Waals surface area contributed by atoms with Crippen LogP contribution in [0.15, 0.2) is 30.6 Å². The monoisotopic (exact) mass is 328 g/mol. The molecule has 1 atom stereocenters. The Labute approximate surface area is 139 Å². The summed E-state index contributed by atoms with van der Waals surface area (Å²) in [7, 11) is 0. The van der Waals surface area contributed by atoms with E-state index in [0.717, 1.165) is 22.9 Å². The number of thiazole rings is 1. The zero-order valence-electron chi connectivity index (χ0n) is 13.1. The van der Waals surface area contributed by atoms with Gasteiger partial charge in [-0.25, -0.2) is 4.98 Å². The van der Waals surface area contributed by atoms with Crippen molar-refractivity contribution in [3.05, 3.63) is 46.6 Å². The Hall–Kier alpha value is -1.92. The first kappa shape index (κ1) is 14.7. The average molecular weight is 328 g/mol. The van der Waals surface area contributed by atoms with Crippen molar-refractivity contribution in [1.29, 1.82) is 0 Å². The third-order valence-electron chi connectivity index (χ3n) is 4.54. The van der Waals surface area contributed by atoms with Crippen LogP contribution < -0.4 is 0 Å². The highest BCUT2D eigenvalue weighted by Crippen LogP contribution is 2.40. The van der Waals surface area contributed by atoms with Crippen LogP contribution in [-0.4, -0.2) is 37.7 Å². The normalized spacial score (nSPS) is 17.6. The first-order valence-electron chi connectivity index (χ1n) is 8.06. The van der Waals surface area contributed by atoms with E-state index >= 15 is 0 Å². The summed E-state index contributed by atoms with van der Waals surface area (Å²) in [5.41, 5.74) is 2.47. The van der Waals surface area contributed by atoms with E-state index in [0.29, 0.717) is 0 Å². The van der Waals surface area contributed by atoms with Gasteiger partial charge in [0, 0.05) is 0 Å². The number of hydrogen-bond acceptors (Lipinski definition) is 5. The van der Waals surface area contributed by atoms with Crippen molar-refractivity contribution in [3.63, 3.8) is 0 Å². The van der Waals surface area contributed by atoms with Crippen molar-refractivity contribution >= 4 is 16.3 Å². The van der Waals surface area contributed by atoms with E-state index in [1.54, 1.807) is 0 Å². The highest BCUT2D eigenvalue weighted by molar-refractivity contribution is 7.17. The SMILES string of the molecule is Cc1ccc([C@@H](c2sc3ncnn3c2O)N2CCCCC2)cc1. The number of nitrogens with zero attached hydrogens (tertiary/aromatic N) is 4. The van der Waals surface area contributed by atoms with Crippen LogP contribution in [0.2, 0.25) is 0 Å². The van der Waals surface area contributed by atoms with Crippen LogP contribution in [0.4, 0.5) is 0 Å². The summed E-state index contributed by atoms with van der Waals surface area (Å²) in [6, 6.07) is 8.69.